The third-order valence-electron chi connectivity index (χ3n) is 3.07. The number of rotatable bonds is 1. The Morgan fingerprint density at radius 1 is 1.10 bits per heavy atom. The highest BCUT2D eigenvalue weighted by molar-refractivity contribution is 9.10. The number of hydrogen-bond acceptors (Lipinski definition) is 2. The second kappa shape index (κ2) is 4.77. The van der Waals surface area contributed by atoms with E-state index in [4.69, 9.17) is 5.73 Å². The molecule has 108 valence electrons. The number of nitrogens with two attached hydrogens (primary N) is 1. The molecule has 1 aromatic heterocycles. The van der Waals surface area contributed by atoms with Gasteiger partial charge in [-0.3, -0.25) is 4.57 Å². The van der Waals surface area contributed by atoms with E-state index in [1.807, 2.05) is 0 Å². The van der Waals surface area contributed by atoms with Gasteiger partial charge in [-0.2, -0.15) is 13.2 Å². The van der Waals surface area contributed by atoms with Crippen molar-refractivity contribution in [1.82, 2.24) is 9.55 Å². The van der Waals surface area contributed by atoms with Crippen LogP contribution >= 0.6 is 15.9 Å². The number of halogens is 4. The van der Waals surface area contributed by atoms with Crippen LogP contribution in [0.3, 0.4) is 0 Å². The van der Waals surface area contributed by atoms with E-state index in [1.54, 1.807) is 24.3 Å². The smallest absolute Gasteiger partial charge is 0.369 e. The first-order valence-corrected chi connectivity index (χ1v) is 6.77. The Hall–Kier alpha value is -2.02. The lowest BCUT2D eigenvalue weighted by atomic mass is 10.2. The molecule has 0 atom stereocenters. The van der Waals surface area contributed by atoms with Gasteiger partial charge in [0, 0.05) is 10.2 Å². The summed E-state index contributed by atoms with van der Waals surface area (Å²) in [5.74, 6) is 0.141. The van der Waals surface area contributed by atoms with E-state index >= 15 is 0 Å². The molecule has 3 aromatic rings. The number of anilines is 1. The molecule has 0 spiro atoms. The van der Waals surface area contributed by atoms with Crippen LogP contribution in [0.25, 0.3) is 16.7 Å². The molecular formula is C14H9BrF3N3. The number of nitrogen functional groups attached to an aromatic ring is 1. The van der Waals surface area contributed by atoms with Gasteiger partial charge in [-0.25, -0.2) is 4.98 Å². The van der Waals surface area contributed by atoms with Gasteiger partial charge < -0.3 is 5.73 Å². The number of hydrogen-bond donors (Lipinski definition) is 1. The fraction of sp³-hybridized carbons (Fsp3) is 0.0714. The number of benzene rings is 2. The van der Waals surface area contributed by atoms with Crippen molar-refractivity contribution in [2.45, 2.75) is 6.18 Å². The maximum Gasteiger partial charge on any atom is 0.416 e. The van der Waals surface area contributed by atoms with Crippen LogP contribution in [0.5, 0.6) is 0 Å². The maximum absolute atomic E-state index is 12.8. The van der Waals surface area contributed by atoms with Gasteiger partial charge in [-0.1, -0.05) is 22.0 Å². The van der Waals surface area contributed by atoms with Crippen molar-refractivity contribution in [3.63, 3.8) is 0 Å². The van der Waals surface area contributed by atoms with E-state index in [9.17, 15) is 13.2 Å². The Labute approximate surface area is 126 Å². The summed E-state index contributed by atoms with van der Waals surface area (Å²) in [6.07, 6.45) is -4.40. The number of nitrogens with zero attached hydrogens (tertiary/aromatic N) is 2. The molecule has 0 aliphatic heterocycles. The van der Waals surface area contributed by atoms with E-state index in [0.717, 1.165) is 16.6 Å². The normalized spacial score (nSPS) is 12.0. The Kier molecular flexibility index (Phi) is 3.16. The van der Waals surface area contributed by atoms with Crippen LogP contribution in [-0.2, 0) is 6.18 Å². The van der Waals surface area contributed by atoms with Gasteiger partial charge in [0.1, 0.15) is 0 Å². The molecule has 3 nitrogen and oxygen atoms in total. The fourth-order valence-electron chi connectivity index (χ4n) is 2.16. The molecule has 21 heavy (non-hydrogen) atoms. The summed E-state index contributed by atoms with van der Waals surface area (Å²) in [5, 5.41) is 0. The van der Waals surface area contributed by atoms with Gasteiger partial charge in [-0.15, -0.1) is 0 Å². The van der Waals surface area contributed by atoms with Crippen molar-refractivity contribution in [3.05, 3.63) is 52.5 Å². The van der Waals surface area contributed by atoms with E-state index in [1.165, 1.54) is 10.6 Å². The molecule has 3 rings (SSSR count). The zero-order valence-corrected chi connectivity index (χ0v) is 12.1. The lowest BCUT2D eigenvalue weighted by Crippen LogP contribution is -2.07. The van der Waals surface area contributed by atoms with Crippen molar-refractivity contribution in [3.8, 4) is 5.69 Å². The number of alkyl halides is 3. The Morgan fingerprint density at radius 2 is 1.86 bits per heavy atom. The summed E-state index contributed by atoms with van der Waals surface area (Å²) in [7, 11) is 0. The average molecular weight is 356 g/mol. The van der Waals surface area contributed by atoms with Crippen LogP contribution in [0, 0.1) is 0 Å². The standard InChI is InChI=1S/C14H9BrF3N3/c15-9-4-5-12-11(7-9)20-13(19)21(12)10-3-1-2-8(6-10)14(16,17)18/h1-7H,(H2,19,20). The van der Waals surface area contributed by atoms with Crippen molar-refractivity contribution < 1.29 is 13.2 Å². The van der Waals surface area contributed by atoms with E-state index in [2.05, 4.69) is 20.9 Å². The minimum atomic E-state index is -4.40. The first-order chi connectivity index (χ1) is 9.86. The summed E-state index contributed by atoms with van der Waals surface area (Å²) in [6, 6.07) is 10.3. The van der Waals surface area contributed by atoms with Crippen LogP contribution in [-0.4, -0.2) is 9.55 Å². The summed E-state index contributed by atoms with van der Waals surface area (Å²) < 4.78 is 40.8. The Bertz CT molecular complexity index is 824. The van der Waals surface area contributed by atoms with Crippen molar-refractivity contribution in [2.24, 2.45) is 0 Å². The predicted molar refractivity (Wildman–Crippen MR) is 78.2 cm³/mol. The van der Waals surface area contributed by atoms with Gasteiger partial charge in [-0.05, 0) is 36.4 Å². The molecule has 0 radical (unpaired) electrons. The zero-order chi connectivity index (χ0) is 15.2. The quantitative estimate of drug-likeness (QED) is 0.703. The van der Waals surface area contributed by atoms with E-state index in [-0.39, 0.29) is 5.95 Å². The number of fused-ring (bicyclic) bond motifs is 1. The molecule has 0 amide bonds. The predicted octanol–water partition coefficient (Wildman–Crippen LogP) is 4.39. The van der Waals surface area contributed by atoms with Crippen LogP contribution in [0.1, 0.15) is 5.56 Å². The monoisotopic (exact) mass is 355 g/mol. The van der Waals surface area contributed by atoms with Gasteiger partial charge >= 0.3 is 6.18 Å². The second-order valence-electron chi connectivity index (χ2n) is 4.49. The molecule has 0 saturated carbocycles. The first-order valence-electron chi connectivity index (χ1n) is 5.97. The molecule has 0 aliphatic rings. The lowest BCUT2D eigenvalue weighted by Gasteiger charge is -2.11. The summed E-state index contributed by atoms with van der Waals surface area (Å²) >= 11 is 3.32. The maximum atomic E-state index is 12.8. The Balaban J connectivity index is 2.23. The highest BCUT2D eigenvalue weighted by Crippen LogP contribution is 2.32. The highest BCUT2D eigenvalue weighted by Gasteiger charge is 2.30. The lowest BCUT2D eigenvalue weighted by molar-refractivity contribution is -0.137. The Morgan fingerprint density at radius 3 is 2.57 bits per heavy atom. The molecule has 0 saturated heterocycles. The van der Waals surface area contributed by atoms with Crippen molar-refractivity contribution in [2.75, 3.05) is 5.73 Å². The third-order valence-corrected chi connectivity index (χ3v) is 3.57. The molecular weight excluding hydrogens is 347 g/mol. The SMILES string of the molecule is Nc1nc2cc(Br)ccc2n1-c1cccc(C(F)(F)F)c1. The molecule has 0 unspecified atom stereocenters. The largest absolute Gasteiger partial charge is 0.416 e. The minimum absolute atomic E-state index is 0.141. The molecule has 0 bridgehead atoms. The number of aromatic nitrogens is 2. The summed E-state index contributed by atoms with van der Waals surface area (Å²) in [5.41, 5.74) is 6.71. The molecule has 0 aliphatic carbocycles. The van der Waals surface area contributed by atoms with Crippen molar-refractivity contribution in [1.29, 1.82) is 0 Å². The summed E-state index contributed by atoms with van der Waals surface area (Å²) in [6.45, 7) is 0. The molecule has 0 fully saturated rings. The number of imidazole rings is 1. The topological polar surface area (TPSA) is 43.8 Å². The molecule has 7 heteroatoms. The molecule has 1 heterocycles. The van der Waals surface area contributed by atoms with Crippen LogP contribution in [0.15, 0.2) is 46.9 Å². The molecule has 2 N–H and O–H groups in total. The summed E-state index contributed by atoms with van der Waals surface area (Å²) in [4.78, 5) is 4.17. The third kappa shape index (κ3) is 2.49. The van der Waals surface area contributed by atoms with Crippen LogP contribution < -0.4 is 5.73 Å². The van der Waals surface area contributed by atoms with Crippen LogP contribution in [0.2, 0.25) is 0 Å². The average Bonchev–Trinajstić information content (AvgIpc) is 2.73. The fourth-order valence-corrected chi connectivity index (χ4v) is 2.51. The van der Waals surface area contributed by atoms with Crippen LogP contribution in [0.4, 0.5) is 19.1 Å². The molecule has 2 aromatic carbocycles. The van der Waals surface area contributed by atoms with E-state index in [0.29, 0.717) is 16.7 Å². The van der Waals surface area contributed by atoms with Gasteiger partial charge in [0.05, 0.1) is 16.6 Å². The van der Waals surface area contributed by atoms with E-state index < -0.39 is 11.7 Å². The van der Waals surface area contributed by atoms with Crippen molar-refractivity contribution >= 4 is 32.9 Å². The first kappa shape index (κ1) is 13.9. The second-order valence-corrected chi connectivity index (χ2v) is 5.40. The zero-order valence-electron chi connectivity index (χ0n) is 10.5. The minimum Gasteiger partial charge on any atom is -0.369 e. The van der Waals surface area contributed by atoms with Gasteiger partial charge in [0.2, 0.25) is 5.95 Å². The van der Waals surface area contributed by atoms with Gasteiger partial charge in [0.15, 0.2) is 0 Å². The highest BCUT2D eigenvalue weighted by atomic mass is 79.9. The van der Waals surface area contributed by atoms with Gasteiger partial charge in [0.25, 0.3) is 0 Å².